The molecule has 3 aromatic rings. The molecule has 0 aliphatic carbocycles. The Hall–Kier alpha value is -3.34. The molecular weight excluding hydrogens is 354 g/mol. The van der Waals surface area contributed by atoms with Crippen molar-refractivity contribution in [1.29, 1.82) is 0 Å². The van der Waals surface area contributed by atoms with E-state index in [0.717, 1.165) is 28.3 Å². The van der Waals surface area contributed by atoms with Crippen LogP contribution in [-0.2, 0) is 22.4 Å². The van der Waals surface area contributed by atoms with Crippen LogP contribution in [-0.4, -0.2) is 24.7 Å². The van der Waals surface area contributed by atoms with E-state index in [1.54, 1.807) is 6.08 Å². The molecule has 2 aromatic carbocycles. The first-order valence-corrected chi connectivity index (χ1v) is 9.13. The lowest BCUT2D eigenvalue weighted by Crippen LogP contribution is -2.03. The van der Waals surface area contributed by atoms with Gasteiger partial charge in [0.05, 0.1) is 19.4 Å². The fourth-order valence-corrected chi connectivity index (χ4v) is 2.75. The first-order chi connectivity index (χ1) is 13.7. The summed E-state index contributed by atoms with van der Waals surface area (Å²) in [5.41, 5.74) is 2.92. The maximum absolute atomic E-state index is 11.1. The van der Waals surface area contributed by atoms with Gasteiger partial charge in [0.25, 0.3) is 0 Å². The van der Waals surface area contributed by atoms with Gasteiger partial charge in [0.15, 0.2) is 0 Å². The van der Waals surface area contributed by atoms with Crippen molar-refractivity contribution in [2.75, 3.05) is 13.7 Å². The summed E-state index contributed by atoms with van der Waals surface area (Å²) in [4.78, 5) is 15.7. The topological polar surface area (TPSA) is 61.6 Å². The lowest BCUT2D eigenvalue weighted by molar-refractivity contribution is -0.134. The fourth-order valence-electron chi connectivity index (χ4n) is 2.75. The molecule has 144 valence electrons. The second kappa shape index (κ2) is 9.55. The standard InChI is InChI=1S/C23H23NO4/c1-17-21(24-23(28-17)19-10-4-3-5-11-19)14-15-27-20-12-6-8-18(16-20)9-7-13-22(25)26-2/h3-8,10-13,16H,9,14-15H2,1-2H3/b13-7-. The number of oxazole rings is 1. The number of carbonyl (C=O) groups excluding carboxylic acids is 1. The molecule has 0 aliphatic heterocycles. The summed E-state index contributed by atoms with van der Waals surface area (Å²) in [7, 11) is 1.36. The molecule has 0 spiro atoms. The SMILES string of the molecule is COC(=O)/C=C\Cc1cccc(OCCc2nc(-c3ccccc3)oc2C)c1. The summed E-state index contributed by atoms with van der Waals surface area (Å²) in [6.45, 7) is 2.42. The van der Waals surface area contributed by atoms with Gasteiger partial charge in [0.1, 0.15) is 11.5 Å². The summed E-state index contributed by atoms with van der Waals surface area (Å²) >= 11 is 0. The Bertz CT molecular complexity index is 944. The average molecular weight is 377 g/mol. The largest absolute Gasteiger partial charge is 0.493 e. The highest BCUT2D eigenvalue weighted by atomic mass is 16.5. The summed E-state index contributed by atoms with van der Waals surface area (Å²) in [6.07, 6.45) is 4.49. The van der Waals surface area contributed by atoms with Crippen LogP contribution in [0.1, 0.15) is 17.0 Å². The summed E-state index contributed by atoms with van der Waals surface area (Å²) in [6, 6.07) is 17.7. The maximum Gasteiger partial charge on any atom is 0.330 e. The van der Waals surface area contributed by atoms with E-state index >= 15 is 0 Å². The highest BCUT2D eigenvalue weighted by Gasteiger charge is 2.11. The molecule has 0 saturated carbocycles. The van der Waals surface area contributed by atoms with Gasteiger partial charge in [-0.25, -0.2) is 9.78 Å². The van der Waals surface area contributed by atoms with Crippen molar-refractivity contribution >= 4 is 5.97 Å². The summed E-state index contributed by atoms with van der Waals surface area (Å²) in [5.74, 6) is 1.87. The Morgan fingerprint density at radius 2 is 1.96 bits per heavy atom. The predicted octanol–water partition coefficient (Wildman–Crippen LogP) is 4.54. The van der Waals surface area contributed by atoms with Gasteiger partial charge in [-0.3, -0.25) is 0 Å². The quantitative estimate of drug-likeness (QED) is 0.426. The van der Waals surface area contributed by atoms with Gasteiger partial charge >= 0.3 is 5.97 Å². The normalized spacial score (nSPS) is 10.9. The second-order valence-electron chi connectivity index (χ2n) is 6.26. The number of carbonyl (C=O) groups is 1. The zero-order valence-corrected chi connectivity index (χ0v) is 16.1. The molecule has 0 aliphatic rings. The molecule has 0 unspecified atom stereocenters. The van der Waals surface area contributed by atoms with Crippen LogP contribution < -0.4 is 4.74 Å². The molecule has 0 N–H and O–H groups in total. The van der Waals surface area contributed by atoms with E-state index in [-0.39, 0.29) is 5.97 Å². The highest BCUT2D eigenvalue weighted by Crippen LogP contribution is 2.22. The molecule has 0 saturated heterocycles. The lowest BCUT2D eigenvalue weighted by atomic mass is 10.1. The zero-order valence-electron chi connectivity index (χ0n) is 16.1. The number of rotatable bonds is 8. The third-order valence-electron chi connectivity index (χ3n) is 4.23. The minimum Gasteiger partial charge on any atom is -0.493 e. The van der Waals surface area contributed by atoms with Gasteiger partial charge in [0.2, 0.25) is 5.89 Å². The van der Waals surface area contributed by atoms with E-state index in [1.807, 2.05) is 61.5 Å². The molecule has 0 radical (unpaired) electrons. The molecular formula is C23H23NO4. The Balaban J connectivity index is 1.55. The number of benzene rings is 2. The molecule has 1 heterocycles. The van der Waals surface area contributed by atoms with Crippen molar-refractivity contribution < 1.29 is 18.7 Å². The van der Waals surface area contributed by atoms with E-state index < -0.39 is 0 Å². The Labute approximate surface area is 164 Å². The number of hydrogen-bond acceptors (Lipinski definition) is 5. The van der Waals surface area contributed by atoms with Crippen molar-refractivity contribution in [1.82, 2.24) is 4.98 Å². The minimum atomic E-state index is -0.356. The van der Waals surface area contributed by atoms with Crippen LogP contribution in [0, 0.1) is 6.92 Å². The Morgan fingerprint density at radius 1 is 1.14 bits per heavy atom. The number of methoxy groups -OCH3 is 1. The van der Waals surface area contributed by atoms with Gasteiger partial charge < -0.3 is 13.9 Å². The third-order valence-corrected chi connectivity index (χ3v) is 4.23. The third kappa shape index (κ3) is 5.33. The second-order valence-corrected chi connectivity index (χ2v) is 6.26. The van der Waals surface area contributed by atoms with Crippen molar-refractivity contribution in [3.05, 3.63) is 83.8 Å². The fraction of sp³-hybridized carbons (Fsp3) is 0.217. The molecule has 28 heavy (non-hydrogen) atoms. The number of allylic oxidation sites excluding steroid dienone is 1. The van der Waals surface area contributed by atoms with Crippen molar-refractivity contribution in [3.63, 3.8) is 0 Å². The number of ether oxygens (including phenoxy) is 2. The maximum atomic E-state index is 11.1. The highest BCUT2D eigenvalue weighted by molar-refractivity contribution is 5.81. The predicted molar refractivity (Wildman–Crippen MR) is 107 cm³/mol. The van der Waals surface area contributed by atoms with E-state index in [4.69, 9.17) is 9.15 Å². The first kappa shape index (κ1) is 19.4. The zero-order chi connectivity index (χ0) is 19.8. The minimum absolute atomic E-state index is 0.356. The molecule has 0 atom stereocenters. The smallest absolute Gasteiger partial charge is 0.330 e. The summed E-state index contributed by atoms with van der Waals surface area (Å²) < 4.78 is 16.2. The van der Waals surface area contributed by atoms with E-state index in [9.17, 15) is 4.79 Å². The van der Waals surface area contributed by atoms with Crippen LogP contribution in [0.5, 0.6) is 5.75 Å². The van der Waals surface area contributed by atoms with Crippen LogP contribution in [0.15, 0.2) is 71.2 Å². The van der Waals surface area contributed by atoms with Gasteiger partial charge in [-0.05, 0) is 43.2 Å². The molecule has 5 nitrogen and oxygen atoms in total. The van der Waals surface area contributed by atoms with Crippen LogP contribution in [0.25, 0.3) is 11.5 Å². The molecule has 1 aromatic heterocycles. The van der Waals surface area contributed by atoms with Gasteiger partial charge in [0, 0.05) is 18.1 Å². The van der Waals surface area contributed by atoms with Crippen molar-refractivity contribution in [3.8, 4) is 17.2 Å². The number of esters is 1. The number of nitrogens with zero attached hydrogens (tertiary/aromatic N) is 1. The van der Waals surface area contributed by atoms with Crippen molar-refractivity contribution in [2.45, 2.75) is 19.8 Å². The number of aromatic nitrogens is 1. The number of hydrogen-bond donors (Lipinski definition) is 0. The van der Waals surface area contributed by atoms with Crippen LogP contribution in [0.4, 0.5) is 0 Å². The van der Waals surface area contributed by atoms with Crippen LogP contribution in [0.3, 0.4) is 0 Å². The summed E-state index contributed by atoms with van der Waals surface area (Å²) in [5, 5.41) is 0. The van der Waals surface area contributed by atoms with Crippen LogP contribution in [0.2, 0.25) is 0 Å². The molecule has 0 fully saturated rings. The Morgan fingerprint density at radius 3 is 2.75 bits per heavy atom. The van der Waals surface area contributed by atoms with E-state index in [1.165, 1.54) is 13.2 Å². The lowest BCUT2D eigenvalue weighted by Gasteiger charge is -2.06. The van der Waals surface area contributed by atoms with Gasteiger partial charge in [-0.2, -0.15) is 0 Å². The van der Waals surface area contributed by atoms with E-state index in [2.05, 4.69) is 9.72 Å². The average Bonchev–Trinajstić information content (AvgIpc) is 3.09. The van der Waals surface area contributed by atoms with Crippen molar-refractivity contribution in [2.24, 2.45) is 0 Å². The number of aryl methyl sites for hydroxylation is 1. The molecule has 0 amide bonds. The molecule has 0 bridgehead atoms. The molecule has 3 rings (SSSR count). The van der Waals surface area contributed by atoms with Gasteiger partial charge in [-0.1, -0.05) is 36.4 Å². The molecule has 5 heteroatoms. The van der Waals surface area contributed by atoms with Gasteiger partial charge in [-0.15, -0.1) is 0 Å². The first-order valence-electron chi connectivity index (χ1n) is 9.13. The Kier molecular flexibility index (Phi) is 6.63. The van der Waals surface area contributed by atoms with E-state index in [0.29, 0.717) is 25.3 Å². The van der Waals surface area contributed by atoms with Crippen LogP contribution >= 0.6 is 0 Å². The monoisotopic (exact) mass is 377 g/mol.